The van der Waals surface area contributed by atoms with Gasteiger partial charge in [-0.2, -0.15) is 0 Å². The Morgan fingerprint density at radius 1 is 1.26 bits per heavy atom. The van der Waals surface area contributed by atoms with E-state index in [2.05, 4.69) is 18.3 Å². The zero-order valence-corrected chi connectivity index (χ0v) is 25.2. The summed E-state index contributed by atoms with van der Waals surface area (Å²) in [5.41, 5.74) is 7.42. The van der Waals surface area contributed by atoms with Gasteiger partial charge in [0.1, 0.15) is 11.3 Å². The van der Waals surface area contributed by atoms with Crippen LogP contribution in [0.4, 0.5) is 0 Å². The van der Waals surface area contributed by atoms with Crippen LogP contribution in [-0.2, 0) is 20.7 Å². The first-order valence-corrected chi connectivity index (χ1v) is 15.0. The van der Waals surface area contributed by atoms with Crippen molar-refractivity contribution in [3.8, 4) is 5.75 Å². The molecule has 9 heteroatoms. The first-order chi connectivity index (χ1) is 20.6. The van der Waals surface area contributed by atoms with Crippen LogP contribution in [0.25, 0.3) is 11.0 Å². The standard InChI is InChI=1S/C34H39N3O6/c1-5-20(3)32(40)43-33(4)11-7-8-26(25-14-29(35)36-17-24(25)13-30(38)37-18-21(6-2)19-37)34(33)16-23-12-22-9-10-31(39)41-27(22)15-28(23)42-34/h5,7-10,12,14-15,21,26,36H,6,11,13,16-19,35H2,1-4H3. The first-order valence-electron chi connectivity index (χ1n) is 15.0. The molecule has 1 aliphatic carbocycles. The van der Waals surface area contributed by atoms with Gasteiger partial charge in [-0.1, -0.05) is 25.2 Å². The topological polar surface area (TPSA) is 124 Å². The average Bonchev–Trinajstić information content (AvgIpc) is 3.32. The van der Waals surface area contributed by atoms with Crippen molar-refractivity contribution in [2.24, 2.45) is 17.6 Å². The lowest BCUT2D eigenvalue weighted by Crippen LogP contribution is -2.63. The number of hydrogen-bond acceptors (Lipinski definition) is 8. The Kier molecular flexibility index (Phi) is 7.22. The van der Waals surface area contributed by atoms with Crippen LogP contribution in [-0.4, -0.2) is 47.6 Å². The van der Waals surface area contributed by atoms with Crippen LogP contribution in [0.1, 0.15) is 52.5 Å². The second-order valence-electron chi connectivity index (χ2n) is 12.4. The summed E-state index contributed by atoms with van der Waals surface area (Å²) >= 11 is 0. The SMILES string of the molecule is CC=C(C)C(=O)OC1(C)CC=CC(C2=C(CC(=O)N3CC(CC)C3)CNC(N)=C2)C12Cc1cc3ccc(=O)oc3cc1O2. The summed E-state index contributed by atoms with van der Waals surface area (Å²) in [5, 5.41) is 3.99. The van der Waals surface area contributed by atoms with Crippen LogP contribution in [0.2, 0.25) is 0 Å². The third-order valence-electron chi connectivity index (χ3n) is 9.67. The maximum atomic E-state index is 13.3. The zero-order chi connectivity index (χ0) is 30.5. The summed E-state index contributed by atoms with van der Waals surface area (Å²) in [5.74, 6) is 0.918. The number of allylic oxidation sites excluding steroid dienone is 2. The number of dihydropyridines is 1. The molecule has 1 saturated heterocycles. The number of hydrogen-bond donors (Lipinski definition) is 2. The van der Waals surface area contributed by atoms with E-state index in [-0.39, 0.29) is 12.3 Å². The number of fused-ring (bicyclic) bond motifs is 2. The van der Waals surface area contributed by atoms with Gasteiger partial charge in [-0.05, 0) is 68.0 Å². The molecular weight excluding hydrogens is 546 g/mol. The number of benzene rings is 1. The molecular formula is C34H39N3O6. The van der Waals surface area contributed by atoms with Crippen molar-refractivity contribution in [2.75, 3.05) is 19.6 Å². The molecule has 1 aromatic heterocycles. The Morgan fingerprint density at radius 3 is 2.79 bits per heavy atom. The lowest BCUT2D eigenvalue weighted by molar-refractivity contribution is -0.185. The molecule has 9 nitrogen and oxygen atoms in total. The van der Waals surface area contributed by atoms with Gasteiger partial charge in [0.25, 0.3) is 0 Å². The molecule has 0 radical (unpaired) electrons. The molecule has 1 spiro atoms. The molecule has 6 rings (SSSR count). The quantitative estimate of drug-likeness (QED) is 0.223. The summed E-state index contributed by atoms with van der Waals surface area (Å²) < 4.78 is 18.8. The molecule has 3 aliphatic heterocycles. The molecule has 0 saturated carbocycles. The number of carbonyl (C=O) groups excluding carboxylic acids is 2. The fourth-order valence-electron chi connectivity index (χ4n) is 6.76. The van der Waals surface area contributed by atoms with Crippen molar-refractivity contribution in [2.45, 2.75) is 64.6 Å². The predicted molar refractivity (Wildman–Crippen MR) is 163 cm³/mol. The molecule has 1 aromatic carbocycles. The third-order valence-corrected chi connectivity index (χ3v) is 9.67. The highest BCUT2D eigenvalue weighted by molar-refractivity contribution is 5.88. The fraction of sp³-hybridized carbons (Fsp3) is 0.441. The number of nitrogens with two attached hydrogens (primary N) is 1. The van der Waals surface area contributed by atoms with Gasteiger partial charge in [0.15, 0.2) is 11.2 Å². The number of esters is 1. The number of carbonyl (C=O) groups is 2. The first kappa shape index (κ1) is 28.8. The lowest BCUT2D eigenvalue weighted by Gasteiger charge is -2.51. The van der Waals surface area contributed by atoms with E-state index in [0.717, 1.165) is 41.6 Å². The van der Waals surface area contributed by atoms with Gasteiger partial charge in [-0.15, -0.1) is 0 Å². The minimum atomic E-state index is -1.08. The average molecular weight is 586 g/mol. The Morgan fingerprint density at radius 2 is 2.05 bits per heavy atom. The molecule has 3 atom stereocenters. The number of amides is 1. The van der Waals surface area contributed by atoms with E-state index in [1.165, 1.54) is 6.07 Å². The minimum absolute atomic E-state index is 0.0940. The van der Waals surface area contributed by atoms with Crippen molar-refractivity contribution in [1.82, 2.24) is 10.2 Å². The zero-order valence-electron chi connectivity index (χ0n) is 25.2. The van der Waals surface area contributed by atoms with Gasteiger partial charge in [0, 0.05) is 61.5 Å². The van der Waals surface area contributed by atoms with Crippen molar-refractivity contribution in [3.05, 3.63) is 87.1 Å². The molecule has 0 bridgehead atoms. The van der Waals surface area contributed by atoms with Crippen LogP contribution in [0.5, 0.6) is 5.75 Å². The molecule has 4 heterocycles. The van der Waals surface area contributed by atoms with Crippen molar-refractivity contribution in [3.63, 3.8) is 0 Å². The number of likely N-dealkylation sites (tertiary alicyclic amines) is 1. The van der Waals surface area contributed by atoms with Gasteiger partial charge in [0.05, 0.1) is 12.2 Å². The van der Waals surface area contributed by atoms with E-state index in [1.807, 2.05) is 30.0 Å². The van der Waals surface area contributed by atoms with E-state index >= 15 is 0 Å². The van der Waals surface area contributed by atoms with Crippen molar-refractivity contribution in [1.29, 1.82) is 0 Å². The summed E-state index contributed by atoms with van der Waals surface area (Å²) in [6, 6.07) is 6.85. The molecule has 1 fully saturated rings. The summed E-state index contributed by atoms with van der Waals surface area (Å²) in [4.78, 5) is 40.5. The van der Waals surface area contributed by atoms with Crippen LogP contribution in [0.3, 0.4) is 0 Å². The predicted octanol–water partition coefficient (Wildman–Crippen LogP) is 4.27. The highest BCUT2D eigenvalue weighted by Crippen LogP contribution is 2.54. The molecule has 3 unspecified atom stereocenters. The van der Waals surface area contributed by atoms with Crippen LogP contribution in [0.15, 0.2) is 80.3 Å². The molecule has 4 aliphatic rings. The highest BCUT2D eigenvalue weighted by Gasteiger charge is 2.62. The van der Waals surface area contributed by atoms with Gasteiger partial charge < -0.3 is 29.8 Å². The third kappa shape index (κ3) is 4.94. The van der Waals surface area contributed by atoms with Gasteiger partial charge in [-0.3, -0.25) is 4.79 Å². The van der Waals surface area contributed by atoms with E-state index in [4.69, 9.17) is 19.6 Å². The van der Waals surface area contributed by atoms with E-state index < -0.39 is 28.7 Å². The van der Waals surface area contributed by atoms with Crippen LogP contribution >= 0.6 is 0 Å². The molecule has 226 valence electrons. The molecule has 1 amide bonds. The maximum Gasteiger partial charge on any atom is 0.336 e. The lowest BCUT2D eigenvalue weighted by atomic mass is 9.63. The Balaban J connectivity index is 1.46. The number of nitrogens with one attached hydrogen (secondary N) is 1. The van der Waals surface area contributed by atoms with Crippen LogP contribution < -0.4 is 21.4 Å². The van der Waals surface area contributed by atoms with Gasteiger partial charge in [-0.25, -0.2) is 9.59 Å². The Bertz CT molecular complexity index is 1680. The summed E-state index contributed by atoms with van der Waals surface area (Å²) in [6.07, 6.45) is 9.93. The van der Waals surface area contributed by atoms with E-state index in [1.54, 1.807) is 32.1 Å². The smallest absolute Gasteiger partial charge is 0.336 e. The number of rotatable bonds is 6. The molecule has 3 N–H and O–H groups in total. The number of nitrogens with zero attached hydrogens (tertiary/aromatic N) is 1. The number of ether oxygens (including phenoxy) is 2. The van der Waals surface area contributed by atoms with Crippen LogP contribution in [0, 0.1) is 11.8 Å². The minimum Gasteiger partial charge on any atom is -0.481 e. The normalized spacial score (nSPS) is 27.0. The van der Waals surface area contributed by atoms with E-state index in [9.17, 15) is 14.4 Å². The fourth-order valence-corrected chi connectivity index (χ4v) is 6.76. The maximum absolute atomic E-state index is 13.3. The summed E-state index contributed by atoms with van der Waals surface area (Å²) in [6.45, 7) is 9.62. The summed E-state index contributed by atoms with van der Waals surface area (Å²) in [7, 11) is 0. The van der Waals surface area contributed by atoms with Crippen molar-refractivity contribution >= 4 is 22.8 Å². The van der Waals surface area contributed by atoms with Crippen molar-refractivity contribution < 1.29 is 23.5 Å². The second-order valence-corrected chi connectivity index (χ2v) is 12.4. The molecule has 43 heavy (non-hydrogen) atoms. The Hall–Kier alpha value is -4.27. The molecule has 2 aromatic rings. The Labute approximate surface area is 251 Å². The second kappa shape index (κ2) is 10.8. The monoisotopic (exact) mass is 585 g/mol. The largest absolute Gasteiger partial charge is 0.481 e. The van der Waals surface area contributed by atoms with Gasteiger partial charge >= 0.3 is 11.6 Å². The van der Waals surface area contributed by atoms with E-state index in [0.29, 0.717) is 48.0 Å². The van der Waals surface area contributed by atoms with Gasteiger partial charge in [0.2, 0.25) is 5.91 Å². The highest BCUT2D eigenvalue weighted by atomic mass is 16.6.